The predicted molar refractivity (Wildman–Crippen MR) is 68.1 cm³/mol. The summed E-state index contributed by atoms with van der Waals surface area (Å²) in [7, 11) is 1.83. The van der Waals surface area contributed by atoms with Gasteiger partial charge < -0.3 is 10.3 Å². The van der Waals surface area contributed by atoms with Crippen molar-refractivity contribution in [1.29, 1.82) is 0 Å². The molecule has 1 heterocycles. The molecule has 1 aromatic heterocycles. The molecule has 0 bridgehead atoms. The Morgan fingerprint density at radius 1 is 1.56 bits per heavy atom. The van der Waals surface area contributed by atoms with E-state index >= 15 is 0 Å². The average Bonchev–Trinajstić information content (AvgIpc) is 2.73. The zero-order valence-electron chi connectivity index (χ0n) is 9.61. The van der Waals surface area contributed by atoms with Gasteiger partial charge in [0.15, 0.2) is 5.16 Å². The highest BCUT2D eigenvalue weighted by atomic mass is 32.2. The van der Waals surface area contributed by atoms with Crippen LogP contribution in [0.25, 0.3) is 0 Å². The Morgan fingerprint density at radius 2 is 2.33 bits per heavy atom. The van der Waals surface area contributed by atoms with Gasteiger partial charge in [0.2, 0.25) is 0 Å². The van der Waals surface area contributed by atoms with Gasteiger partial charge in [-0.05, 0) is 11.6 Å². The molecule has 2 N–H and O–H groups in total. The van der Waals surface area contributed by atoms with Crippen molar-refractivity contribution < 1.29 is 4.92 Å². The first-order valence-corrected chi connectivity index (χ1v) is 6.06. The molecule has 8 heteroatoms. The molecule has 0 saturated carbocycles. The van der Waals surface area contributed by atoms with Crippen LogP contribution in [0.2, 0.25) is 0 Å². The van der Waals surface area contributed by atoms with Gasteiger partial charge in [-0.25, -0.2) is 0 Å². The highest BCUT2D eigenvalue weighted by molar-refractivity contribution is 7.98. The van der Waals surface area contributed by atoms with E-state index in [0.29, 0.717) is 11.4 Å². The highest BCUT2D eigenvalue weighted by Gasteiger charge is 2.10. The Kier molecular flexibility index (Phi) is 3.47. The molecule has 0 amide bonds. The molecule has 0 radical (unpaired) electrons. The minimum absolute atomic E-state index is 0.0396. The maximum Gasteiger partial charge on any atom is 0.269 e. The molecule has 0 spiro atoms. The molecule has 0 saturated heterocycles. The quantitative estimate of drug-likeness (QED) is 0.390. The van der Waals surface area contributed by atoms with Crippen LogP contribution in [0.4, 0.5) is 11.4 Å². The van der Waals surface area contributed by atoms with Crippen molar-refractivity contribution in [3.63, 3.8) is 0 Å². The molecule has 0 aliphatic rings. The average molecular weight is 265 g/mol. The van der Waals surface area contributed by atoms with Crippen LogP contribution in [0.15, 0.2) is 29.7 Å². The third kappa shape index (κ3) is 2.59. The zero-order valence-corrected chi connectivity index (χ0v) is 10.4. The van der Waals surface area contributed by atoms with E-state index in [1.165, 1.54) is 23.9 Å². The van der Waals surface area contributed by atoms with Gasteiger partial charge in [-0.3, -0.25) is 10.1 Å². The fourth-order valence-corrected chi connectivity index (χ4v) is 2.27. The smallest absolute Gasteiger partial charge is 0.269 e. The molecule has 18 heavy (non-hydrogen) atoms. The fraction of sp³-hybridized carbons (Fsp3) is 0.200. The summed E-state index contributed by atoms with van der Waals surface area (Å²) in [5.74, 6) is 0.514. The maximum absolute atomic E-state index is 10.7. The summed E-state index contributed by atoms with van der Waals surface area (Å²) in [6.45, 7) is 0. The minimum atomic E-state index is -0.435. The second kappa shape index (κ2) is 5.05. The topological polar surface area (TPSA) is 99.9 Å². The number of thioether (sulfide) groups is 1. The number of nitrogen functional groups attached to an aromatic ring is 1. The van der Waals surface area contributed by atoms with Crippen LogP contribution in [0.1, 0.15) is 5.56 Å². The van der Waals surface area contributed by atoms with Gasteiger partial charge in [0.1, 0.15) is 6.33 Å². The standard InChI is InChI=1S/C10H11N5O2S/c1-14-6-12-13-10(14)18-5-7-4-8(15(16)17)2-3-9(7)11/h2-4,6H,5,11H2,1H3. The van der Waals surface area contributed by atoms with E-state index in [-0.39, 0.29) is 5.69 Å². The summed E-state index contributed by atoms with van der Waals surface area (Å²) in [6, 6.07) is 4.43. The first-order chi connectivity index (χ1) is 8.58. The van der Waals surface area contributed by atoms with Crippen molar-refractivity contribution in [3.8, 4) is 0 Å². The van der Waals surface area contributed by atoms with Crippen molar-refractivity contribution >= 4 is 23.1 Å². The number of nitro groups is 1. The van der Waals surface area contributed by atoms with Gasteiger partial charge in [-0.15, -0.1) is 10.2 Å². The largest absolute Gasteiger partial charge is 0.398 e. The first-order valence-electron chi connectivity index (χ1n) is 5.07. The van der Waals surface area contributed by atoms with Crippen LogP contribution in [0.3, 0.4) is 0 Å². The van der Waals surface area contributed by atoms with Gasteiger partial charge in [-0.1, -0.05) is 11.8 Å². The summed E-state index contributed by atoms with van der Waals surface area (Å²) in [5, 5.41) is 19.1. The Balaban J connectivity index is 2.16. The molecule has 0 fully saturated rings. The number of nitrogens with two attached hydrogens (primary N) is 1. The third-order valence-corrected chi connectivity index (χ3v) is 3.45. The molecule has 94 valence electrons. The normalized spacial score (nSPS) is 10.5. The van der Waals surface area contributed by atoms with Crippen molar-refractivity contribution in [2.45, 2.75) is 10.9 Å². The number of benzene rings is 1. The summed E-state index contributed by atoms with van der Waals surface area (Å²) in [6.07, 6.45) is 1.60. The van der Waals surface area contributed by atoms with E-state index in [9.17, 15) is 10.1 Å². The highest BCUT2D eigenvalue weighted by Crippen LogP contribution is 2.26. The van der Waals surface area contributed by atoms with E-state index in [1.54, 1.807) is 17.0 Å². The Bertz CT molecular complexity index is 583. The van der Waals surface area contributed by atoms with Crippen molar-refractivity contribution in [2.24, 2.45) is 7.05 Å². The number of hydrogen-bond donors (Lipinski definition) is 1. The van der Waals surface area contributed by atoms with Crippen LogP contribution in [0, 0.1) is 10.1 Å². The summed E-state index contributed by atoms with van der Waals surface area (Å²) < 4.78 is 1.78. The fourth-order valence-electron chi connectivity index (χ4n) is 1.38. The number of nitro benzene ring substituents is 1. The maximum atomic E-state index is 10.7. The molecule has 2 rings (SSSR count). The lowest BCUT2D eigenvalue weighted by Crippen LogP contribution is -1.97. The van der Waals surface area contributed by atoms with Crippen molar-refractivity contribution in [3.05, 3.63) is 40.2 Å². The number of rotatable bonds is 4. The second-order valence-corrected chi connectivity index (χ2v) is 4.60. The van der Waals surface area contributed by atoms with E-state index in [1.807, 2.05) is 7.05 Å². The first kappa shape index (κ1) is 12.4. The van der Waals surface area contributed by atoms with E-state index in [2.05, 4.69) is 10.2 Å². The summed E-state index contributed by atoms with van der Waals surface area (Å²) >= 11 is 1.43. The monoisotopic (exact) mass is 265 g/mol. The van der Waals surface area contributed by atoms with Crippen LogP contribution in [-0.4, -0.2) is 19.7 Å². The Labute approximate surface area is 107 Å². The van der Waals surface area contributed by atoms with Gasteiger partial charge in [-0.2, -0.15) is 0 Å². The summed E-state index contributed by atoms with van der Waals surface area (Å²) in [5.41, 5.74) is 7.08. The van der Waals surface area contributed by atoms with E-state index < -0.39 is 4.92 Å². The lowest BCUT2D eigenvalue weighted by molar-refractivity contribution is -0.384. The van der Waals surface area contributed by atoms with Gasteiger partial charge in [0, 0.05) is 30.6 Å². The van der Waals surface area contributed by atoms with Crippen LogP contribution in [0.5, 0.6) is 0 Å². The molecular weight excluding hydrogens is 254 g/mol. The van der Waals surface area contributed by atoms with Crippen LogP contribution >= 0.6 is 11.8 Å². The molecule has 0 unspecified atom stereocenters. The van der Waals surface area contributed by atoms with Gasteiger partial charge >= 0.3 is 0 Å². The molecule has 7 nitrogen and oxygen atoms in total. The third-order valence-electron chi connectivity index (χ3n) is 2.36. The number of aromatic nitrogens is 3. The van der Waals surface area contributed by atoms with Crippen LogP contribution in [-0.2, 0) is 12.8 Å². The van der Waals surface area contributed by atoms with Crippen LogP contribution < -0.4 is 5.73 Å². The zero-order chi connectivity index (χ0) is 13.1. The predicted octanol–water partition coefficient (Wildman–Crippen LogP) is 1.60. The molecule has 0 aliphatic carbocycles. The van der Waals surface area contributed by atoms with Crippen molar-refractivity contribution in [2.75, 3.05) is 5.73 Å². The van der Waals surface area contributed by atoms with Gasteiger partial charge in [0.05, 0.1) is 4.92 Å². The second-order valence-electron chi connectivity index (χ2n) is 3.65. The number of non-ortho nitro benzene ring substituents is 1. The molecule has 0 aliphatic heterocycles. The van der Waals surface area contributed by atoms with Gasteiger partial charge in [0.25, 0.3) is 5.69 Å². The Morgan fingerprint density at radius 3 is 2.94 bits per heavy atom. The lowest BCUT2D eigenvalue weighted by atomic mass is 10.2. The van der Waals surface area contributed by atoms with E-state index in [4.69, 9.17) is 5.73 Å². The molecule has 1 aromatic carbocycles. The summed E-state index contributed by atoms with van der Waals surface area (Å²) in [4.78, 5) is 10.2. The molecular formula is C10H11N5O2S. The number of aryl methyl sites for hydroxylation is 1. The number of nitrogens with zero attached hydrogens (tertiary/aromatic N) is 4. The molecule has 2 aromatic rings. The minimum Gasteiger partial charge on any atom is -0.398 e. The SMILES string of the molecule is Cn1cnnc1SCc1cc([N+](=O)[O-])ccc1N. The lowest BCUT2D eigenvalue weighted by Gasteiger charge is -2.04. The molecule has 0 atom stereocenters. The van der Waals surface area contributed by atoms with Crippen molar-refractivity contribution in [1.82, 2.24) is 14.8 Å². The number of hydrogen-bond acceptors (Lipinski definition) is 6. The number of anilines is 1. The Hall–Kier alpha value is -2.09. The van der Waals surface area contributed by atoms with E-state index in [0.717, 1.165) is 10.7 Å².